The molecule has 6 heterocycles. The van der Waals surface area contributed by atoms with Gasteiger partial charge < -0.3 is 9.13 Å². The van der Waals surface area contributed by atoms with Crippen LogP contribution in [0, 0.1) is 0 Å². The highest BCUT2D eigenvalue weighted by atomic mass is 15.0. The Hall–Kier alpha value is -7.96. The van der Waals surface area contributed by atoms with E-state index in [0.29, 0.717) is 0 Å². The molecule has 6 nitrogen and oxygen atoms in total. The highest BCUT2D eigenvalue weighted by molar-refractivity contribution is 6.10. The standard InChI is InChI=1S/C50H32N6.C3H6/c1-3-10-33(11-4-1)37-24-39(31-51-29-37)35-18-20-45-43(26-35)49-47(16-8-22-53-49)55(45)41-14-7-15-42(28-41)56-46-21-19-36(27-44(46)50-48(56)17-9-23-54-50)40-25-38(30-52-32-40)34-12-5-2-6-13-34;1-3-2/h1-32H;3H,1H2,2H3. The molecule has 11 rings (SSSR count). The second-order valence-corrected chi connectivity index (χ2v) is 14.5. The molecule has 0 aliphatic rings. The zero-order valence-electron chi connectivity index (χ0n) is 32.4. The maximum atomic E-state index is 4.91. The first-order valence-corrected chi connectivity index (χ1v) is 19.7. The van der Waals surface area contributed by atoms with Gasteiger partial charge in [-0.05, 0) is 108 Å². The van der Waals surface area contributed by atoms with Crippen molar-refractivity contribution in [3.63, 3.8) is 0 Å². The van der Waals surface area contributed by atoms with Crippen LogP contribution in [0.3, 0.4) is 0 Å². The van der Waals surface area contributed by atoms with Gasteiger partial charge in [-0.15, -0.1) is 6.58 Å². The first kappa shape index (κ1) is 35.5. The van der Waals surface area contributed by atoms with Crippen LogP contribution in [0.2, 0.25) is 0 Å². The first-order chi connectivity index (χ1) is 29.2. The molecule has 0 aliphatic carbocycles. The van der Waals surface area contributed by atoms with E-state index in [2.05, 4.69) is 159 Å². The maximum absolute atomic E-state index is 4.91. The lowest BCUT2D eigenvalue weighted by atomic mass is 10.0. The number of pyridine rings is 4. The van der Waals surface area contributed by atoms with Crippen LogP contribution < -0.4 is 0 Å². The van der Waals surface area contributed by atoms with E-state index in [0.717, 1.165) is 99.8 Å². The zero-order valence-corrected chi connectivity index (χ0v) is 32.4. The molecule has 0 radical (unpaired) electrons. The van der Waals surface area contributed by atoms with Gasteiger partial charge in [0.05, 0.1) is 33.1 Å². The fourth-order valence-corrected chi connectivity index (χ4v) is 8.13. The van der Waals surface area contributed by atoms with E-state index in [9.17, 15) is 0 Å². The topological polar surface area (TPSA) is 61.4 Å². The Morgan fingerprint density at radius 2 is 0.814 bits per heavy atom. The first-order valence-electron chi connectivity index (χ1n) is 19.7. The van der Waals surface area contributed by atoms with Crippen molar-refractivity contribution < 1.29 is 0 Å². The molecule has 0 unspecified atom stereocenters. The molecule has 0 saturated carbocycles. The predicted octanol–water partition coefficient (Wildman–Crippen LogP) is 13.3. The van der Waals surface area contributed by atoms with Gasteiger partial charge in [0.15, 0.2) is 0 Å². The zero-order chi connectivity index (χ0) is 39.7. The number of nitrogens with zero attached hydrogens (tertiary/aromatic N) is 6. The van der Waals surface area contributed by atoms with Crippen molar-refractivity contribution in [2.24, 2.45) is 0 Å². The van der Waals surface area contributed by atoms with Crippen LogP contribution in [0.25, 0.3) is 99.8 Å². The van der Waals surface area contributed by atoms with Gasteiger partial charge in [0, 0.05) is 81.6 Å². The lowest BCUT2D eigenvalue weighted by Crippen LogP contribution is -1.98. The highest BCUT2D eigenvalue weighted by Gasteiger charge is 2.18. The molecule has 59 heavy (non-hydrogen) atoms. The summed E-state index contributed by atoms with van der Waals surface area (Å²) in [5, 5.41) is 2.18. The molecule has 0 amide bonds. The van der Waals surface area contributed by atoms with Gasteiger partial charge in [0.2, 0.25) is 0 Å². The van der Waals surface area contributed by atoms with E-state index in [1.54, 1.807) is 6.08 Å². The minimum Gasteiger partial charge on any atom is -0.308 e. The summed E-state index contributed by atoms with van der Waals surface area (Å²) in [4.78, 5) is 19.1. The average molecular weight is 759 g/mol. The number of rotatable bonds is 6. The molecule has 11 aromatic rings. The van der Waals surface area contributed by atoms with Crippen molar-refractivity contribution in [1.29, 1.82) is 0 Å². The van der Waals surface area contributed by atoms with Gasteiger partial charge in [-0.25, -0.2) is 0 Å². The molecular formula is C53H38N6. The molecule has 280 valence electrons. The Kier molecular flexibility index (Phi) is 9.12. The van der Waals surface area contributed by atoms with E-state index in [1.165, 1.54) is 0 Å². The van der Waals surface area contributed by atoms with Crippen LogP contribution in [0.15, 0.2) is 208 Å². The summed E-state index contributed by atoms with van der Waals surface area (Å²) in [5.74, 6) is 0. The summed E-state index contributed by atoms with van der Waals surface area (Å²) < 4.78 is 4.64. The number of allylic oxidation sites excluding steroid dienone is 1. The molecule has 0 bridgehead atoms. The third kappa shape index (κ3) is 6.43. The summed E-state index contributed by atoms with van der Waals surface area (Å²) >= 11 is 0. The van der Waals surface area contributed by atoms with Crippen molar-refractivity contribution >= 4 is 43.9 Å². The molecule has 6 heteroatoms. The Morgan fingerprint density at radius 3 is 1.25 bits per heavy atom. The van der Waals surface area contributed by atoms with E-state index in [1.807, 2.05) is 68.4 Å². The van der Waals surface area contributed by atoms with Crippen molar-refractivity contribution in [3.8, 4) is 55.9 Å². The Bertz CT molecular complexity index is 3090. The highest BCUT2D eigenvalue weighted by Crippen LogP contribution is 2.38. The molecule has 0 fully saturated rings. The Balaban J connectivity index is 0.00000136. The molecular weight excluding hydrogens is 721 g/mol. The number of fused-ring (bicyclic) bond motifs is 6. The maximum Gasteiger partial charge on any atom is 0.0963 e. The SMILES string of the molecule is C=CC.c1ccc(-c2cncc(-c3ccc4c(c3)c3ncccc3n4-c3cccc(-n4c5ccc(-c6cncc(-c7ccccc7)c6)cc5c5ncccc54)c3)c2)cc1. The van der Waals surface area contributed by atoms with Gasteiger partial charge in [-0.1, -0.05) is 84.9 Å². The minimum absolute atomic E-state index is 0.960. The van der Waals surface area contributed by atoms with E-state index >= 15 is 0 Å². The van der Waals surface area contributed by atoms with Gasteiger partial charge in [-0.3, -0.25) is 19.9 Å². The summed E-state index contributed by atoms with van der Waals surface area (Å²) in [6, 6.07) is 55.6. The normalized spacial score (nSPS) is 11.2. The van der Waals surface area contributed by atoms with Gasteiger partial charge in [0.25, 0.3) is 0 Å². The summed E-state index contributed by atoms with van der Waals surface area (Å²) in [6.45, 7) is 5.25. The molecule has 0 atom stereocenters. The molecule has 5 aromatic carbocycles. The summed E-state index contributed by atoms with van der Waals surface area (Å²) in [6.07, 6.45) is 13.2. The number of hydrogen-bond acceptors (Lipinski definition) is 4. The number of benzene rings is 5. The summed E-state index contributed by atoms with van der Waals surface area (Å²) in [5.41, 5.74) is 17.1. The Labute approximate surface area is 342 Å². The average Bonchev–Trinajstić information content (AvgIpc) is 3.82. The van der Waals surface area contributed by atoms with Crippen LogP contribution in [-0.4, -0.2) is 29.1 Å². The summed E-state index contributed by atoms with van der Waals surface area (Å²) in [7, 11) is 0. The van der Waals surface area contributed by atoms with Crippen LogP contribution in [0.4, 0.5) is 0 Å². The minimum atomic E-state index is 0.960. The van der Waals surface area contributed by atoms with Crippen molar-refractivity contribution in [2.75, 3.05) is 0 Å². The second-order valence-electron chi connectivity index (χ2n) is 14.5. The van der Waals surface area contributed by atoms with Gasteiger partial charge >= 0.3 is 0 Å². The fraction of sp³-hybridized carbons (Fsp3) is 0.0189. The quantitative estimate of drug-likeness (QED) is 0.158. The Morgan fingerprint density at radius 1 is 0.390 bits per heavy atom. The lowest BCUT2D eigenvalue weighted by Gasteiger charge is -2.13. The van der Waals surface area contributed by atoms with Crippen molar-refractivity contribution in [1.82, 2.24) is 29.1 Å². The van der Waals surface area contributed by atoms with Crippen LogP contribution in [-0.2, 0) is 0 Å². The predicted molar refractivity (Wildman–Crippen MR) is 244 cm³/mol. The molecule has 0 aliphatic heterocycles. The third-order valence-electron chi connectivity index (χ3n) is 10.7. The molecule has 0 saturated heterocycles. The molecule has 6 aromatic heterocycles. The fourth-order valence-electron chi connectivity index (χ4n) is 8.13. The second kappa shape index (κ2) is 15.2. The molecule has 0 N–H and O–H groups in total. The van der Waals surface area contributed by atoms with Crippen molar-refractivity contribution in [3.05, 3.63) is 208 Å². The van der Waals surface area contributed by atoms with Crippen LogP contribution in [0.1, 0.15) is 6.92 Å². The lowest BCUT2D eigenvalue weighted by molar-refractivity contribution is 1.13. The smallest absolute Gasteiger partial charge is 0.0963 e. The largest absolute Gasteiger partial charge is 0.308 e. The van der Waals surface area contributed by atoms with Gasteiger partial charge in [0.1, 0.15) is 0 Å². The van der Waals surface area contributed by atoms with Crippen LogP contribution in [0.5, 0.6) is 0 Å². The number of hydrogen-bond donors (Lipinski definition) is 0. The van der Waals surface area contributed by atoms with Crippen molar-refractivity contribution in [2.45, 2.75) is 6.92 Å². The molecule has 0 spiro atoms. The van der Waals surface area contributed by atoms with Gasteiger partial charge in [-0.2, -0.15) is 0 Å². The third-order valence-corrected chi connectivity index (χ3v) is 10.7. The number of aromatic nitrogens is 6. The van der Waals surface area contributed by atoms with E-state index in [4.69, 9.17) is 9.97 Å². The monoisotopic (exact) mass is 758 g/mol. The van der Waals surface area contributed by atoms with E-state index < -0.39 is 0 Å². The van der Waals surface area contributed by atoms with Crippen LogP contribution >= 0.6 is 0 Å². The van der Waals surface area contributed by atoms with E-state index in [-0.39, 0.29) is 0 Å².